The molecule has 7 heteroatoms. The summed E-state index contributed by atoms with van der Waals surface area (Å²) in [7, 11) is 0. The molecule has 3 N–H and O–H groups in total. The van der Waals surface area contributed by atoms with Gasteiger partial charge in [-0.15, -0.1) is 24.0 Å². The van der Waals surface area contributed by atoms with Gasteiger partial charge in [0, 0.05) is 12.6 Å². The minimum Gasteiger partial charge on any atom is -0.486 e. The second-order valence-corrected chi connectivity index (χ2v) is 6.23. The number of nitrogens with zero attached hydrogens (tertiary/aromatic N) is 1. The number of guanidine groups is 1. The second-order valence-electron chi connectivity index (χ2n) is 6.23. The molecule has 0 aliphatic heterocycles. The van der Waals surface area contributed by atoms with Crippen LogP contribution in [0.2, 0.25) is 0 Å². The molecule has 1 atom stereocenters. The van der Waals surface area contributed by atoms with Crippen LogP contribution in [0.5, 0.6) is 5.75 Å². The molecule has 0 amide bonds. The molecule has 1 aromatic rings. The zero-order valence-electron chi connectivity index (χ0n) is 14.9. The van der Waals surface area contributed by atoms with E-state index in [-0.39, 0.29) is 47.8 Å². The number of ether oxygens (including phenoxy) is 1. The summed E-state index contributed by atoms with van der Waals surface area (Å²) in [4.78, 5) is 4.54. The van der Waals surface area contributed by atoms with E-state index >= 15 is 0 Å². The number of rotatable bonds is 6. The van der Waals surface area contributed by atoms with E-state index in [1.807, 2.05) is 13.8 Å². The van der Waals surface area contributed by atoms with Gasteiger partial charge in [0.25, 0.3) is 0 Å². The first-order valence-electron chi connectivity index (χ1n) is 8.72. The third-order valence-electron chi connectivity index (χ3n) is 4.05. The van der Waals surface area contributed by atoms with Crippen molar-refractivity contribution in [1.29, 1.82) is 0 Å². The second kappa shape index (κ2) is 11.5. The van der Waals surface area contributed by atoms with Crippen LogP contribution >= 0.6 is 24.0 Å². The van der Waals surface area contributed by atoms with Crippen LogP contribution in [0.3, 0.4) is 0 Å². The monoisotopic (exact) mass is 465 g/mol. The first kappa shape index (κ1) is 22.0. The van der Waals surface area contributed by atoms with Crippen LogP contribution in [0, 0.1) is 5.82 Å². The minimum absolute atomic E-state index is 0. The Labute approximate surface area is 166 Å². The van der Waals surface area contributed by atoms with Gasteiger partial charge in [-0.25, -0.2) is 9.38 Å². The van der Waals surface area contributed by atoms with Gasteiger partial charge in [-0.2, -0.15) is 0 Å². The van der Waals surface area contributed by atoms with Gasteiger partial charge in [0.05, 0.1) is 12.6 Å². The van der Waals surface area contributed by atoms with E-state index in [0.717, 1.165) is 38.2 Å². The Morgan fingerprint density at radius 1 is 1.32 bits per heavy atom. The van der Waals surface area contributed by atoms with Gasteiger partial charge in [-0.3, -0.25) is 0 Å². The molecule has 25 heavy (non-hydrogen) atoms. The minimum atomic E-state index is -0.362. The number of halogens is 2. The van der Waals surface area contributed by atoms with Gasteiger partial charge in [-0.1, -0.05) is 12.1 Å². The molecule has 142 valence electrons. The van der Waals surface area contributed by atoms with E-state index in [2.05, 4.69) is 15.6 Å². The maximum atomic E-state index is 13.6. The van der Waals surface area contributed by atoms with E-state index in [1.165, 1.54) is 6.07 Å². The average Bonchev–Trinajstić information content (AvgIpc) is 2.57. The highest BCUT2D eigenvalue weighted by atomic mass is 127. The first-order chi connectivity index (χ1) is 11.6. The molecule has 1 aromatic carbocycles. The number of aliphatic imine (C=N–C) groups is 1. The fraction of sp³-hybridized carbons (Fsp3) is 0.611. The number of hydrogen-bond acceptors (Lipinski definition) is 3. The molecule has 0 spiro atoms. The first-order valence-corrected chi connectivity index (χ1v) is 8.72. The van der Waals surface area contributed by atoms with E-state index in [9.17, 15) is 9.50 Å². The van der Waals surface area contributed by atoms with Crippen molar-refractivity contribution in [2.75, 3.05) is 13.1 Å². The number of para-hydroxylation sites is 1. The largest absolute Gasteiger partial charge is 0.486 e. The predicted molar refractivity (Wildman–Crippen MR) is 109 cm³/mol. The summed E-state index contributed by atoms with van der Waals surface area (Å²) in [5.74, 6) is 0.626. The van der Waals surface area contributed by atoms with Crippen molar-refractivity contribution in [1.82, 2.24) is 10.6 Å². The van der Waals surface area contributed by atoms with Crippen LogP contribution < -0.4 is 15.4 Å². The van der Waals surface area contributed by atoms with Crippen molar-refractivity contribution in [3.63, 3.8) is 0 Å². The highest BCUT2D eigenvalue weighted by Gasteiger charge is 2.20. The van der Waals surface area contributed by atoms with Crippen LogP contribution in [-0.2, 0) is 0 Å². The molecule has 1 unspecified atom stereocenters. The zero-order chi connectivity index (χ0) is 17.4. The summed E-state index contributed by atoms with van der Waals surface area (Å²) in [6, 6.07) is 6.71. The fourth-order valence-electron chi connectivity index (χ4n) is 2.75. The summed E-state index contributed by atoms with van der Waals surface area (Å²) >= 11 is 0. The highest BCUT2D eigenvalue weighted by molar-refractivity contribution is 14.0. The van der Waals surface area contributed by atoms with E-state index < -0.39 is 0 Å². The molecular weight excluding hydrogens is 436 g/mol. The lowest BCUT2D eigenvalue weighted by atomic mass is 9.93. The third-order valence-corrected chi connectivity index (χ3v) is 4.05. The maximum absolute atomic E-state index is 13.6. The Morgan fingerprint density at radius 2 is 2.00 bits per heavy atom. The number of hydrogen-bond donors (Lipinski definition) is 3. The summed E-state index contributed by atoms with van der Waals surface area (Å²) in [6.07, 6.45) is 3.12. The van der Waals surface area contributed by atoms with Crippen LogP contribution in [0.15, 0.2) is 29.3 Å². The Balaban J connectivity index is 0.00000312. The van der Waals surface area contributed by atoms with Crippen LogP contribution in [0.4, 0.5) is 4.39 Å². The maximum Gasteiger partial charge on any atom is 0.191 e. The average molecular weight is 465 g/mol. The summed E-state index contributed by atoms with van der Waals surface area (Å²) in [6.45, 7) is 5.08. The molecule has 5 nitrogen and oxygen atoms in total. The number of aliphatic hydroxyl groups excluding tert-OH is 1. The molecule has 1 fully saturated rings. The van der Waals surface area contributed by atoms with Gasteiger partial charge >= 0.3 is 0 Å². The van der Waals surface area contributed by atoms with E-state index in [4.69, 9.17) is 4.74 Å². The fourth-order valence-corrected chi connectivity index (χ4v) is 2.75. The Hall–Kier alpha value is -1.09. The van der Waals surface area contributed by atoms with Crippen molar-refractivity contribution >= 4 is 29.9 Å². The predicted octanol–water partition coefficient (Wildman–Crippen LogP) is 3.07. The van der Waals surface area contributed by atoms with Gasteiger partial charge in [0.15, 0.2) is 17.5 Å². The molecule has 0 bridgehead atoms. The molecule has 0 saturated heterocycles. The number of benzene rings is 1. The van der Waals surface area contributed by atoms with Crippen molar-refractivity contribution in [2.24, 2.45) is 4.99 Å². The highest BCUT2D eigenvalue weighted by Crippen LogP contribution is 2.18. The Bertz CT molecular complexity index is 537. The van der Waals surface area contributed by atoms with Crippen LogP contribution in [0.1, 0.15) is 39.5 Å². The molecule has 1 aliphatic rings. The number of aliphatic hydroxyl groups is 1. The molecule has 0 aromatic heterocycles. The lowest BCUT2D eigenvalue weighted by Gasteiger charge is -2.27. The van der Waals surface area contributed by atoms with Gasteiger partial charge in [-0.05, 0) is 51.7 Å². The molecule has 1 aliphatic carbocycles. The van der Waals surface area contributed by atoms with E-state index in [0.29, 0.717) is 12.6 Å². The van der Waals surface area contributed by atoms with Crippen LogP contribution in [0.25, 0.3) is 0 Å². The standard InChI is InChI=1S/C18H28FN3O2.HI/c1-3-20-18(22-14-8-10-15(23)11-9-14)21-12-13(2)24-17-7-5-4-6-16(17)19;/h4-7,13-15,23H,3,8-12H2,1-2H3,(H2,20,21,22);1H. The van der Waals surface area contributed by atoms with Gasteiger partial charge in [0.1, 0.15) is 6.10 Å². The van der Waals surface area contributed by atoms with E-state index in [1.54, 1.807) is 18.2 Å². The van der Waals surface area contributed by atoms with Crippen molar-refractivity contribution < 1.29 is 14.2 Å². The van der Waals surface area contributed by atoms with Crippen molar-refractivity contribution in [2.45, 2.75) is 57.8 Å². The molecular formula is C18H29FIN3O2. The molecule has 0 heterocycles. The lowest BCUT2D eigenvalue weighted by Crippen LogP contribution is -2.45. The summed E-state index contributed by atoms with van der Waals surface area (Å²) in [5, 5.41) is 16.2. The summed E-state index contributed by atoms with van der Waals surface area (Å²) < 4.78 is 19.2. The van der Waals surface area contributed by atoms with Crippen molar-refractivity contribution in [3.8, 4) is 5.75 Å². The quantitative estimate of drug-likeness (QED) is 0.343. The van der Waals surface area contributed by atoms with Crippen LogP contribution in [-0.4, -0.2) is 42.4 Å². The Kier molecular flexibility index (Phi) is 10.1. The van der Waals surface area contributed by atoms with Gasteiger partial charge < -0.3 is 20.5 Å². The molecule has 0 radical (unpaired) electrons. The molecule has 1 saturated carbocycles. The zero-order valence-corrected chi connectivity index (χ0v) is 17.2. The normalized spacial score (nSPS) is 21.8. The Morgan fingerprint density at radius 3 is 2.64 bits per heavy atom. The topological polar surface area (TPSA) is 65.9 Å². The smallest absolute Gasteiger partial charge is 0.191 e. The van der Waals surface area contributed by atoms with Gasteiger partial charge in [0.2, 0.25) is 0 Å². The molecule has 2 rings (SSSR count). The SMILES string of the molecule is CCNC(=NCC(C)Oc1ccccc1F)NC1CCC(O)CC1.I. The number of nitrogens with one attached hydrogen (secondary N) is 2. The lowest BCUT2D eigenvalue weighted by molar-refractivity contribution is 0.120. The summed E-state index contributed by atoms with van der Waals surface area (Å²) in [5.41, 5.74) is 0. The van der Waals surface area contributed by atoms with Crippen molar-refractivity contribution in [3.05, 3.63) is 30.1 Å². The third kappa shape index (κ3) is 7.77.